The summed E-state index contributed by atoms with van der Waals surface area (Å²) in [7, 11) is 0. The molecule has 4 nitrogen and oxygen atoms in total. The molecule has 1 aromatic carbocycles. The van der Waals surface area contributed by atoms with Crippen molar-refractivity contribution in [2.75, 3.05) is 0 Å². The number of nitrogens with zero attached hydrogens (tertiary/aromatic N) is 2. The topological polar surface area (TPSA) is 39.1 Å². The lowest BCUT2D eigenvalue weighted by molar-refractivity contribution is 0.477. The molecule has 1 heterocycles. The minimum absolute atomic E-state index is 0.726. The van der Waals surface area contributed by atoms with Crippen LogP contribution in [0.5, 0.6) is 11.5 Å². The molecule has 1 aliphatic carbocycles. The third-order valence-corrected chi connectivity index (χ3v) is 4.08. The van der Waals surface area contributed by atoms with Gasteiger partial charge in [0, 0.05) is 19.1 Å². The summed E-state index contributed by atoms with van der Waals surface area (Å²) in [5.74, 6) is 1.59. The summed E-state index contributed by atoms with van der Waals surface area (Å²) < 4.78 is 8.75. The predicted octanol–water partition coefficient (Wildman–Crippen LogP) is 4.10. The molecule has 1 aromatic heterocycles. The van der Waals surface area contributed by atoms with Gasteiger partial charge in [-0.3, -0.25) is 4.68 Å². The molecule has 0 bridgehead atoms. The number of aryl methyl sites for hydroxylation is 1. The van der Waals surface area contributed by atoms with Crippen molar-refractivity contribution < 1.29 is 4.74 Å². The Bertz CT molecular complexity index is 607. The molecule has 2 aromatic rings. The van der Waals surface area contributed by atoms with Gasteiger partial charge in [-0.1, -0.05) is 13.0 Å². The van der Waals surface area contributed by atoms with Crippen molar-refractivity contribution in [1.82, 2.24) is 15.1 Å². The zero-order chi connectivity index (χ0) is 14.7. The molecule has 0 atom stereocenters. The van der Waals surface area contributed by atoms with Crippen LogP contribution in [0.1, 0.15) is 31.7 Å². The zero-order valence-electron chi connectivity index (χ0n) is 12.2. The second-order valence-corrected chi connectivity index (χ2v) is 6.32. The minimum atomic E-state index is 0.726. The van der Waals surface area contributed by atoms with Gasteiger partial charge in [0.2, 0.25) is 0 Å². The number of hydrogen-bond acceptors (Lipinski definition) is 3. The number of rotatable bonds is 7. The molecule has 21 heavy (non-hydrogen) atoms. The largest absolute Gasteiger partial charge is 0.453 e. The van der Waals surface area contributed by atoms with Gasteiger partial charge in [-0.15, -0.1) is 0 Å². The van der Waals surface area contributed by atoms with Crippen molar-refractivity contribution >= 4 is 15.9 Å². The monoisotopic (exact) mass is 349 g/mol. The molecule has 5 heteroatoms. The van der Waals surface area contributed by atoms with E-state index in [0.29, 0.717) is 0 Å². The first kappa shape index (κ1) is 14.6. The normalized spacial score (nSPS) is 14.4. The van der Waals surface area contributed by atoms with Crippen molar-refractivity contribution in [1.29, 1.82) is 0 Å². The maximum absolute atomic E-state index is 5.88. The van der Waals surface area contributed by atoms with Crippen LogP contribution in [0.2, 0.25) is 0 Å². The molecule has 1 fully saturated rings. The molecule has 3 rings (SSSR count). The molecule has 112 valence electrons. The smallest absolute Gasteiger partial charge is 0.165 e. The van der Waals surface area contributed by atoms with Crippen LogP contribution in [-0.2, 0) is 13.1 Å². The van der Waals surface area contributed by atoms with Crippen LogP contribution in [0, 0.1) is 0 Å². The SMILES string of the molecule is CCCn1cc(Oc2ccc(CNC3CC3)cc2Br)cn1. The Morgan fingerprint density at radius 2 is 2.29 bits per heavy atom. The van der Waals surface area contributed by atoms with E-state index in [4.69, 9.17) is 4.74 Å². The average molecular weight is 350 g/mol. The van der Waals surface area contributed by atoms with E-state index < -0.39 is 0 Å². The molecule has 0 spiro atoms. The van der Waals surface area contributed by atoms with Gasteiger partial charge in [0.1, 0.15) is 5.75 Å². The molecule has 1 N–H and O–H groups in total. The third kappa shape index (κ3) is 4.08. The number of halogens is 1. The highest BCUT2D eigenvalue weighted by Gasteiger charge is 2.20. The molecule has 0 saturated heterocycles. The number of hydrogen-bond donors (Lipinski definition) is 1. The van der Waals surface area contributed by atoms with E-state index >= 15 is 0 Å². The number of nitrogens with one attached hydrogen (secondary N) is 1. The second-order valence-electron chi connectivity index (χ2n) is 5.46. The van der Waals surface area contributed by atoms with Crippen LogP contribution in [-0.4, -0.2) is 15.8 Å². The maximum atomic E-state index is 5.88. The van der Waals surface area contributed by atoms with E-state index in [1.165, 1.54) is 18.4 Å². The van der Waals surface area contributed by atoms with E-state index in [2.05, 4.69) is 45.4 Å². The quantitative estimate of drug-likeness (QED) is 0.817. The first-order chi connectivity index (χ1) is 10.2. The summed E-state index contributed by atoms with van der Waals surface area (Å²) in [5, 5.41) is 7.78. The lowest BCUT2D eigenvalue weighted by Gasteiger charge is -2.08. The van der Waals surface area contributed by atoms with Gasteiger partial charge in [-0.2, -0.15) is 5.10 Å². The van der Waals surface area contributed by atoms with Gasteiger partial charge < -0.3 is 10.1 Å². The molecular formula is C16H20BrN3O. The lowest BCUT2D eigenvalue weighted by atomic mass is 10.2. The molecule has 0 radical (unpaired) electrons. The molecule has 0 amide bonds. The summed E-state index contributed by atoms with van der Waals surface area (Å²) in [6.45, 7) is 3.96. The van der Waals surface area contributed by atoms with Crippen LogP contribution in [0.25, 0.3) is 0 Å². The van der Waals surface area contributed by atoms with Crippen molar-refractivity contribution in [3.63, 3.8) is 0 Å². The van der Waals surface area contributed by atoms with Crippen molar-refractivity contribution in [3.8, 4) is 11.5 Å². The van der Waals surface area contributed by atoms with Crippen LogP contribution in [0.15, 0.2) is 35.1 Å². The maximum Gasteiger partial charge on any atom is 0.165 e. The minimum Gasteiger partial charge on any atom is -0.453 e. The van der Waals surface area contributed by atoms with E-state index in [9.17, 15) is 0 Å². The fourth-order valence-corrected chi connectivity index (χ4v) is 2.67. The second kappa shape index (κ2) is 6.62. The van der Waals surface area contributed by atoms with Gasteiger partial charge in [-0.25, -0.2) is 0 Å². The molecule has 1 saturated carbocycles. The van der Waals surface area contributed by atoms with Crippen molar-refractivity contribution in [2.45, 2.75) is 45.3 Å². The zero-order valence-corrected chi connectivity index (χ0v) is 13.8. The van der Waals surface area contributed by atoms with Crippen LogP contribution in [0.4, 0.5) is 0 Å². The first-order valence-corrected chi connectivity index (χ1v) is 8.26. The van der Waals surface area contributed by atoms with Gasteiger partial charge in [-0.05, 0) is 52.9 Å². The van der Waals surface area contributed by atoms with Gasteiger partial charge in [0.05, 0.1) is 16.9 Å². The highest BCUT2D eigenvalue weighted by Crippen LogP contribution is 2.30. The highest BCUT2D eigenvalue weighted by atomic mass is 79.9. The molecule has 0 aliphatic heterocycles. The van der Waals surface area contributed by atoms with Crippen LogP contribution >= 0.6 is 15.9 Å². The summed E-state index contributed by atoms with van der Waals surface area (Å²) in [6, 6.07) is 6.95. The Labute approximate surface area is 133 Å². The predicted molar refractivity (Wildman–Crippen MR) is 86.6 cm³/mol. The summed E-state index contributed by atoms with van der Waals surface area (Å²) in [5.41, 5.74) is 1.27. The molecule has 1 aliphatic rings. The molecule has 0 unspecified atom stereocenters. The number of benzene rings is 1. The van der Waals surface area contributed by atoms with E-state index in [1.54, 1.807) is 6.20 Å². The first-order valence-electron chi connectivity index (χ1n) is 7.46. The van der Waals surface area contributed by atoms with Gasteiger partial charge in [0.15, 0.2) is 5.75 Å². The van der Waals surface area contributed by atoms with E-state index in [0.717, 1.165) is 41.5 Å². The standard InChI is InChI=1S/C16H20BrN3O/c1-2-7-20-11-14(10-19-20)21-16-6-3-12(8-15(16)17)9-18-13-4-5-13/h3,6,8,10-11,13,18H,2,4-5,7,9H2,1H3. The Morgan fingerprint density at radius 3 is 3.00 bits per heavy atom. The lowest BCUT2D eigenvalue weighted by Crippen LogP contribution is -2.15. The Morgan fingerprint density at radius 1 is 1.43 bits per heavy atom. The Balaban J connectivity index is 1.63. The van der Waals surface area contributed by atoms with Gasteiger partial charge >= 0.3 is 0 Å². The average Bonchev–Trinajstić information content (AvgIpc) is 3.20. The fourth-order valence-electron chi connectivity index (χ4n) is 2.16. The van der Waals surface area contributed by atoms with Crippen LogP contribution < -0.4 is 10.1 Å². The summed E-state index contributed by atoms with van der Waals surface area (Å²) >= 11 is 3.58. The van der Waals surface area contributed by atoms with Crippen molar-refractivity contribution in [2.24, 2.45) is 0 Å². The highest BCUT2D eigenvalue weighted by molar-refractivity contribution is 9.10. The van der Waals surface area contributed by atoms with E-state index in [1.807, 2.05) is 16.9 Å². The summed E-state index contributed by atoms with van der Waals surface area (Å²) in [6.07, 6.45) is 7.37. The van der Waals surface area contributed by atoms with Crippen LogP contribution in [0.3, 0.4) is 0 Å². The number of aromatic nitrogens is 2. The molecular weight excluding hydrogens is 330 g/mol. The summed E-state index contributed by atoms with van der Waals surface area (Å²) in [4.78, 5) is 0. The van der Waals surface area contributed by atoms with E-state index in [-0.39, 0.29) is 0 Å². The third-order valence-electron chi connectivity index (χ3n) is 3.46. The van der Waals surface area contributed by atoms with Gasteiger partial charge in [0.25, 0.3) is 0 Å². The van der Waals surface area contributed by atoms with Crippen molar-refractivity contribution in [3.05, 3.63) is 40.6 Å². The Kier molecular flexibility index (Phi) is 4.60. The number of ether oxygens (including phenoxy) is 1. The fraction of sp³-hybridized carbons (Fsp3) is 0.438. The Hall–Kier alpha value is -1.33.